The number of anilines is 2. The minimum atomic E-state index is 0.318. The summed E-state index contributed by atoms with van der Waals surface area (Å²) in [6.45, 7) is 0. The molecule has 0 atom stereocenters. The molecule has 0 bridgehead atoms. The molecule has 3 aromatic carbocycles. The summed E-state index contributed by atoms with van der Waals surface area (Å²) in [5.41, 5.74) is 5.23. The van der Waals surface area contributed by atoms with Gasteiger partial charge in [-0.3, -0.25) is 0 Å². The van der Waals surface area contributed by atoms with E-state index >= 15 is 0 Å². The van der Waals surface area contributed by atoms with Crippen molar-refractivity contribution in [2.75, 3.05) is 38.0 Å². The minimum absolute atomic E-state index is 0.318. The van der Waals surface area contributed by atoms with Gasteiger partial charge in [0, 0.05) is 61.9 Å². The molecular weight excluding hydrogens is 484 g/mol. The van der Waals surface area contributed by atoms with Crippen molar-refractivity contribution in [1.82, 2.24) is 0 Å². The number of nitrogens with zero attached hydrogens (tertiary/aromatic N) is 2. The van der Waals surface area contributed by atoms with Gasteiger partial charge in [-0.25, -0.2) is 0 Å². The lowest BCUT2D eigenvalue weighted by Crippen LogP contribution is -2.07. The van der Waals surface area contributed by atoms with Crippen LogP contribution in [0.1, 0.15) is 17.5 Å². The molecule has 2 N–H and O–H groups in total. The topological polar surface area (TPSA) is 54.2 Å². The van der Waals surface area contributed by atoms with Crippen LogP contribution in [-0.2, 0) is 0 Å². The van der Waals surface area contributed by atoms with Crippen LogP contribution < -0.4 is 9.80 Å². The molecule has 0 aromatic heterocycles. The lowest BCUT2D eigenvalue weighted by Gasteiger charge is -2.11. The first-order chi connectivity index (χ1) is 16.2. The van der Waals surface area contributed by atoms with Crippen LogP contribution in [0.25, 0.3) is 12.2 Å². The number of nitrogens with one attached hydrogen (secondary N) is 2. The van der Waals surface area contributed by atoms with Gasteiger partial charge in [0.2, 0.25) is 0 Å². The maximum atomic E-state index is 8.06. The highest BCUT2D eigenvalue weighted by atomic mass is 79.9. The average Bonchev–Trinajstić information content (AvgIpc) is 2.83. The molecule has 176 valence electrons. The summed E-state index contributed by atoms with van der Waals surface area (Å²) in [6.07, 6.45) is 7.67. The van der Waals surface area contributed by atoms with Crippen molar-refractivity contribution < 1.29 is 0 Å². The van der Waals surface area contributed by atoms with Gasteiger partial charge in [-0.1, -0.05) is 70.5 Å². The van der Waals surface area contributed by atoms with E-state index in [2.05, 4.69) is 50.0 Å². The average molecular weight is 518 g/mol. The molecule has 0 fully saturated rings. The SMILES string of the molecule is Brc1ccccc1.CN(C)c1ccc(C=CC(=N)CC(=N)C=Cc2ccc(N(C)C)cc2)cc1. The van der Waals surface area contributed by atoms with Crippen molar-refractivity contribution in [2.45, 2.75) is 6.42 Å². The molecule has 4 nitrogen and oxygen atoms in total. The van der Waals surface area contributed by atoms with Crippen LogP contribution in [0.5, 0.6) is 0 Å². The maximum Gasteiger partial charge on any atom is 0.0373 e. The molecule has 5 heteroatoms. The number of rotatable bonds is 8. The van der Waals surface area contributed by atoms with Gasteiger partial charge >= 0.3 is 0 Å². The first kappa shape index (κ1) is 26.8. The molecule has 0 saturated carbocycles. The van der Waals surface area contributed by atoms with E-state index in [-0.39, 0.29) is 0 Å². The number of hydrogen-bond donors (Lipinski definition) is 2. The standard InChI is InChI=1S/C23H28N4.C6H5Br/c1-26(2)22-13-7-18(8-14-22)5-11-20(24)17-21(25)12-6-19-9-15-23(16-10-19)27(3)4;7-6-4-2-1-3-5-6/h5-16,24-25H,17H2,1-4H3;1-5H. The van der Waals surface area contributed by atoms with E-state index in [0.29, 0.717) is 17.8 Å². The van der Waals surface area contributed by atoms with Gasteiger partial charge in [-0.15, -0.1) is 0 Å². The van der Waals surface area contributed by atoms with Gasteiger partial charge in [0.1, 0.15) is 0 Å². The lowest BCUT2D eigenvalue weighted by molar-refractivity contribution is 1.13. The Balaban J connectivity index is 0.000000497. The highest BCUT2D eigenvalue weighted by molar-refractivity contribution is 9.10. The van der Waals surface area contributed by atoms with E-state index in [1.54, 1.807) is 12.2 Å². The fourth-order valence-electron chi connectivity index (χ4n) is 2.90. The first-order valence-electron chi connectivity index (χ1n) is 11.0. The second-order valence-electron chi connectivity index (χ2n) is 8.16. The van der Waals surface area contributed by atoms with Crippen LogP contribution in [0.4, 0.5) is 11.4 Å². The molecule has 0 saturated heterocycles. The fourth-order valence-corrected chi connectivity index (χ4v) is 3.20. The Morgan fingerprint density at radius 1 is 0.647 bits per heavy atom. The highest BCUT2D eigenvalue weighted by Gasteiger charge is 1.99. The van der Waals surface area contributed by atoms with Crippen molar-refractivity contribution in [3.05, 3.63) is 107 Å². The van der Waals surface area contributed by atoms with E-state index in [1.165, 1.54) is 0 Å². The Morgan fingerprint density at radius 3 is 1.32 bits per heavy atom. The Kier molecular flexibility index (Phi) is 11.0. The van der Waals surface area contributed by atoms with Crippen LogP contribution in [-0.4, -0.2) is 39.6 Å². The van der Waals surface area contributed by atoms with Gasteiger partial charge in [0.05, 0.1) is 0 Å². The Bertz CT molecular complexity index is 1030. The van der Waals surface area contributed by atoms with Gasteiger partial charge in [0.15, 0.2) is 0 Å². The Hall–Kier alpha value is -3.44. The van der Waals surface area contributed by atoms with Crippen LogP contribution in [0.3, 0.4) is 0 Å². The van der Waals surface area contributed by atoms with Crippen molar-refractivity contribution in [3.8, 4) is 0 Å². The largest absolute Gasteiger partial charge is 0.378 e. The van der Waals surface area contributed by atoms with Crippen molar-refractivity contribution >= 4 is 50.9 Å². The number of benzene rings is 3. The zero-order valence-corrected chi connectivity index (χ0v) is 21.9. The third kappa shape index (κ3) is 10.0. The zero-order valence-electron chi connectivity index (χ0n) is 20.3. The summed E-state index contributed by atoms with van der Waals surface area (Å²) in [6, 6.07) is 26.3. The molecule has 3 aromatic rings. The van der Waals surface area contributed by atoms with Gasteiger partial charge in [-0.05, 0) is 59.7 Å². The third-order valence-corrected chi connectivity index (χ3v) is 5.42. The predicted molar refractivity (Wildman–Crippen MR) is 154 cm³/mol. The molecule has 0 aliphatic heterocycles. The van der Waals surface area contributed by atoms with Gasteiger partial charge in [0.25, 0.3) is 0 Å². The molecule has 0 amide bonds. The normalized spacial score (nSPS) is 10.6. The second-order valence-corrected chi connectivity index (χ2v) is 9.08. The van der Waals surface area contributed by atoms with E-state index < -0.39 is 0 Å². The fraction of sp³-hybridized carbons (Fsp3) is 0.172. The van der Waals surface area contributed by atoms with E-state index in [1.807, 2.05) is 94.9 Å². The first-order valence-corrected chi connectivity index (χ1v) is 11.8. The maximum absolute atomic E-state index is 8.06. The molecule has 0 heterocycles. The number of allylic oxidation sites excluding steroid dienone is 2. The Labute approximate surface area is 212 Å². The number of hydrogen-bond acceptors (Lipinski definition) is 4. The third-order valence-electron chi connectivity index (χ3n) is 4.89. The predicted octanol–water partition coefficient (Wildman–Crippen LogP) is 7.42. The molecule has 34 heavy (non-hydrogen) atoms. The van der Waals surface area contributed by atoms with Crippen LogP contribution in [0.2, 0.25) is 0 Å². The van der Waals surface area contributed by atoms with Crippen LogP contribution >= 0.6 is 15.9 Å². The van der Waals surface area contributed by atoms with E-state index in [9.17, 15) is 0 Å². The summed E-state index contributed by atoms with van der Waals surface area (Å²) in [7, 11) is 8.04. The van der Waals surface area contributed by atoms with E-state index in [4.69, 9.17) is 10.8 Å². The molecule has 3 rings (SSSR count). The smallest absolute Gasteiger partial charge is 0.0373 e. The number of halogens is 1. The molecule has 0 aliphatic rings. The quantitative estimate of drug-likeness (QED) is 0.306. The summed E-state index contributed by atoms with van der Waals surface area (Å²) >= 11 is 3.31. The van der Waals surface area contributed by atoms with Crippen LogP contribution in [0, 0.1) is 10.8 Å². The second kappa shape index (κ2) is 14.0. The van der Waals surface area contributed by atoms with Crippen LogP contribution in [0.15, 0.2) is 95.5 Å². The van der Waals surface area contributed by atoms with Crippen molar-refractivity contribution in [1.29, 1.82) is 10.8 Å². The molecule has 0 radical (unpaired) electrons. The lowest BCUT2D eigenvalue weighted by atomic mass is 10.1. The van der Waals surface area contributed by atoms with E-state index in [0.717, 1.165) is 27.0 Å². The Morgan fingerprint density at radius 2 is 1.03 bits per heavy atom. The molecule has 0 unspecified atom stereocenters. The molecule has 0 spiro atoms. The summed E-state index contributed by atoms with van der Waals surface area (Å²) in [5.74, 6) is 0. The summed E-state index contributed by atoms with van der Waals surface area (Å²) in [5, 5.41) is 16.1. The molecular formula is C29H33BrN4. The monoisotopic (exact) mass is 516 g/mol. The molecule has 0 aliphatic carbocycles. The summed E-state index contributed by atoms with van der Waals surface area (Å²) in [4.78, 5) is 4.11. The summed E-state index contributed by atoms with van der Waals surface area (Å²) < 4.78 is 1.13. The van der Waals surface area contributed by atoms with Gasteiger partial charge in [-0.2, -0.15) is 0 Å². The van der Waals surface area contributed by atoms with Crippen molar-refractivity contribution in [3.63, 3.8) is 0 Å². The minimum Gasteiger partial charge on any atom is -0.378 e. The zero-order chi connectivity index (χ0) is 24.9. The van der Waals surface area contributed by atoms with Gasteiger partial charge < -0.3 is 20.6 Å². The van der Waals surface area contributed by atoms with Crippen molar-refractivity contribution in [2.24, 2.45) is 0 Å². The highest BCUT2D eigenvalue weighted by Crippen LogP contribution is 2.14.